The fourth-order valence-electron chi connectivity index (χ4n) is 3.01. The van der Waals surface area contributed by atoms with Crippen molar-refractivity contribution in [3.63, 3.8) is 0 Å². The summed E-state index contributed by atoms with van der Waals surface area (Å²) < 4.78 is 16.2. The zero-order chi connectivity index (χ0) is 18.2. The van der Waals surface area contributed by atoms with Crippen LogP contribution in [0.1, 0.15) is 55.8 Å². The zero-order valence-corrected chi connectivity index (χ0v) is 15.2. The van der Waals surface area contributed by atoms with Crippen LogP contribution in [0.2, 0.25) is 0 Å². The lowest BCUT2D eigenvalue weighted by atomic mass is 9.90. The van der Waals surface area contributed by atoms with E-state index in [1.807, 2.05) is 0 Å². The topological polar surface area (TPSA) is 73.9 Å². The van der Waals surface area contributed by atoms with Gasteiger partial charge in [-0.15, -0.1) is 0 Å². The van der Waals surface area contributed by atoms with Gasteiger partial charge >= 0.3 is 5.97 Å². The second-order valence-corrected chi connectivity index (χ2v) is 6.26. The maximum atomic E-state index is 12.1. The van der Waals surface area contributed by atoms with Crippen LogP contribution < -0.4 is 14.8 Å². The average molecular weight is 349 g/mol. The summed E-state index contributed by atoms with van der Waals surface area (Å²) >= 11 is 0. The van der Waals surface area contributed by atoms with E-state index >= 15 is 0 Å². The van der Waals surface area contributed by atoms with Crippen molar-refractivity contribution in [1.29, 1.82) is 0 Å². The highest BCUT2D eigenvalue weighted by Gasteiger charge is 2.20. The highest BCUT2D eigenvalue weighted by molar-refractivity contribution is 6.02. The number of methoxy groups -OCH3 is 2. The summed E-state index contributed by atoms with van der Waals surface area (Å²) in [6, 6.07) is 3.19. The molecule has 0 radical (unpaired) electrons. The molecule has 1 saturated carbocycles. The number of esters is 1. The molecule has 2 rings (SSSR count). The lowest BCUT2D eigenvalue weighted by molar-refractivity contribution is -0.115. The Labute approximate surface area is 148 Å². The summed E-state index contributed by atoms with van der Waals surface area (Å²) in [7, 11) is 2.84. The minimum Gasteiger partial charge on any atom is -0.493 e. The van der Waals surface area contributed by atoms with Gasteiger partial charge in [0.1, 0.15) is 0 Å². The highest BCUT2D eigenvalue weighted by Crippen LogP contribution is 2.35. The van der Waals surface area contributed by atoms with Crippen LogP contribution in [0, 0.1) is 5.92 Å². The predicted molar refractivity (Wildman–Crippen MR) is 95.3 cm³/mol. The Balaban J connectivity index is 2.25. The smallest absolute Gasteiger partial charge is 0.340 e. The largest absolute Gasteiger partial charge is 0.493 e. The Morgan fingerprint density at radius 1 is 1.12 bits per heavy atom. The number of anilines is 1. The lowest BCUT2D eigenvalue weighted by Gasteiger charge is -2.23. The van der Waals surface area contributed by atoms with Gasteiger partial charge in [0.05, 0.1) is 32.1 Å². The van der Waals surface area contributed by atoms with Gasteiger partial charge in [0.25, 0.3) is 0 Å². The summed E-state index contributed by atoms with van der Waals surface area (Å²) in [6.07, 6.45) is 6.40. The van der Waals surface area contributed by atoms with Crippen LogP contribution in [0.3, 0.4) is 0 Å². The molecule has 0 atom stereocenters. The molecular weight excluding hydrogens is 322 g/mol. The van der Waals surface area contributed by atoms with Gasteiger partial charge in [-0.3, -0.25) is 4.79 Å². The molecule has 0 saturated heterocycles. The van der Waals surface area contributed by atoms with Gasteiger partial charge < -0.3 is 19.5 Å². The zero-order valence-electron chi connectivity index (χ0n) is 15.2. The maximum Gasteiger partial charge on any atom is 0.340 e. The molecule has 0 bridgehead atoms. The molecule has 0 heterocycles. The predicted octanol–water partition coefficient (Wildman–Crippen LogP) is 3.79. The maximum absolute atomic E-state index is 12.1. The van der Waals surface area contributed by atoms with Crippen molar-refractivity contribution in [2.45, 2.75) is 45.4 Å². The van der Waals surface area contributed by atoms with E-state index in [4.69, 9.17) is 14.2 Å². The summed E-state index contributed by atoms with van der Waals surface area (Å²) in [6.45, 7) is 2.34. The second-order valence-electron chi connectivity index (χ2n) is 6.26. The Morgan fingerprint density at radius 2 is 1.84 bits per heavy atom. The molecule has 0 unspecified atom stereocenters. The molecule has 6 nitrogen and oxygen atoms in total. The Kier molecular flexibility index (Phi) is 7.10. The van der Waals surface area contributed by atoms with Gasteiger partial charge in [-0.2, -0.15) is 0 Å². The number of hydrogen-bond acceptors (Lipinski definition) is 5. The molecule has 25 heavy (non-hydrogen) atoms. The fraction of sp³-hybridized carbons (Fsp3) is 0.579. The summed E-state index contributed by atoms with van der Waals surface area (Å²) in [5, 5.41) is 2.71. The second kappa shape index (κ2) is 9.30. The van der Waals surface area contributed by atoms with Gasteiger partial charge in [0, 0.05) is 18.6 Å². The third kappa shape index (κ3) is 5.11. The van der Waals surface area contributed by atoms with Crippen molar-refractivity contribution < 1.29 is 23.8 Å². The standard InChI is InChI=1S/C19H27NO5/c1-4-18(21)20-15-11-16(23-2)17(10-14(15)19(22)24-3)25-12-13-8-6-5-7-9-13/h10-11,13H,4-9,12H2,1-3H3,(H,20,21). The molecule has 1 N–H and O–H groups in total. The third-order valence-corrected chi connectivity index (χ3v) is 4.50. The SMILES string of the molecule is CCC(=O)Nc1cc(OC)c(OCC2CCCCC2)cc1C(=O)OC. The molecule has 0 spiro atoms. The first kappa shape index (κ1) is 19.1. The molecule has 0 aliphatic heterocycles. The molecular formula is C19H27NO5. The molecule has 0 aromatic heterocycles. The first-order valence-electron chi connectivity index (χ1n) is 8.82. The van der Waals surface area contributed by atoms with Crippen molar-refractivity contribution >= 4 is 17.6 Å². The van der Waals surface area contributed by atoms with E-state index in [0.29, 0.717) is 36.1 Å². The highest BCUT2D eigenvalue weighted by atomic mass is 16.5. The quantitative estimate of drug-likeness (QED) is 0.758. The van der Waals surface area contributed by atoms with Crippen LogP contribution in [0.25, 0.3) is 0 Å². The number of carbonyl (C=O) groups excluding carboxylic acids is 2. The molecule has 1 aliphatic carbocycles. The fourth-order valence-corrected chi connectivity index (χ4v) is 3.01. The monoisotopic (exact) mass is 349 g/mol. The van der Waals surface area contributed by atoms with E-state index in [2.05, 4.69) is 5.32 Å². The van der Waals surface area contributed by atoms with Crippen LogP contribution in [0.5, 0.6) is 11.5 Å². The van der Waals surface area contributed by atoms with E-state index in [1.54, 1.807) is 19.1 Å². The third-order valence-electron chi connectivity index (χ3n) is 4.50. The first-order chi connectivity index (χ1) is 12.1. The van der Waals surface area contributed by atoms with E-state index < -0.39 is 5.97 Å². The molecule has 138 valence electrons. The molecule has 1 aromatic carbocycles. The molecule has 1 fully saturated rings. The van der Waals surface area contributed by atoms with Gasteiger partial charge in [-0.05, 0) is 18.8 Å². The minimum atomic E-state index is -0.531. The molecule has 1 aromatic rings. The van der Waals surface area contributed by atoms with Crippen molar-refractivity contribution in [3.05, 3.63) is 17.7 Å². The Bertz CT molecular complexity index is 608. The number of ether oxygens (including phenoxy) is 3. The van der Waals surface area contributed by atoms with Crippen molar-refractivity contribution in [3.8, 4) is 11.5 Å². The Hall–Kier alpha value is -2.24. The molecule has 1 aliphatic rings. The number of benzene rings is 1. The van der Waals surface area contributed by atoms with Gasteiger partial charge in [-0.25, -0.2) is 4.79 Å². The number of nitrogens with one attached hydrogen (secondary N) is 1. The van der Waals surface area contributed by atoms with E-state index in [1.165, 1.54) is 33.5 Å². The van der Waals surface area contributed by atoms with Crippen LogP contribution in [-0.2, 0) is 9.53 Å². The Morgan fingerprint density at radius 3 is 2.44 bits per heavy atom. The average Bonchev–Trinajstić information content (AvgIpc) is 2.66. The lowest BCUT2D eigenvalue weighted by Crippen LogP contribution is -2.17. The summed E-state index contributed by atoms with van der Waals surface area (Å²) in [5.74, 6) is 0.775. The number of amides is 1. The van der Waals surface area contributed by atoms with Crippen molar-refractivity contribution in [1.82, 2.24) is 0 Å². The van der Waals surface area contributed by atoms with Gasteiger partial charge in [0.2, 0.25) is 5.91 Å². The van der Waals surface area contributed by atoms with Crippen molar-refractivity contribution in [2.24, 2.45) is 5.92 Å². The summed E-state index contributed by atoms with van der Waals surface area (Å²) in [5.41, 5.74) is 0.615. The van der Waals surface area contributed by atoms with Crippen LogP contribution in [0.4, 0.5) is 5.69 Å². The van der Waals surface area contributed by atoms with E-state index in [0.717, 1.165) is 12.8 Å². The van der Waals surface area contributed by atoms with Crippen molar-refractivity contribution in [2.75, 3.05) is 26.1 Å². The van der Waals surface area contributed by atoms with Crippen LogP contribution in [-0.4, -0.2) is 32.7 Å². The number of hydrogen-bond donors (Lipinski definition) is 1. The van der Waals surface area contributed by atoms with Crippen LogP contribution in [0.15, 0.2) is 12.1 Å². The first-order valence-corrected chi connectivity index (χ1v) is 8.82. The van der Waals surface area contributed by atoms with Gasteiger partial charge in [0.15, 0.2) is 11.5 Å². The minimum absolute atomic E-state index is 0.192. The molecule has 1 amide bonds. The normalized spacial score (nSPS) is 14.7. The van der Waals surface area contributed by atoms with E-state index in [-0.39, 0.29) is 11.5 Å². The molecule has 6 heteroatoms. The number of carbonyl (C=O) groups is 2. The van der Waals surface area contributed by atoms with Crippen LogP contribution >= 0.6 is 0 Å². The summed E-state index contributed by atoms with van der Waals surface area (Å²) in [4.78, 5) is 23.8. The number of rotatable bonds is 7. The van der Waals surface area contributed by atoms with Gasteiger partial charge in [-0.1, -0.05) is 26.2 Å². The van der Waals surface area contributed by atoms with E-state index in [9.17, 15) is 9.59 Å².